The van der Waals surface area contributed by atoms with Crippen LogP contribution in [0.15, 0.2) is 18.5 Å². The van der Waals surface area contributed by atoms with E-state index in [2.05, 4.69) is 28.1 Å². The summed E-state index contributed by atoms with van der Waals surface area (Å²) >= 11 is 2.05. The van der Waals surface area contributed by atoms with Gasteiger partial charge in [-0.1, -0.05) is 0 Å². The largest absolute Gasteiger partial charge is 0.495 e. The molecule has 88 valence electrons. The lowest BCUT2D eigenvalue weighted by atomic mass is 10.0. The van der Waals surface area contributed by atoms with Gasteiger partial charge in [0.25, 0.3) is 0 Å². The first-order valence-corrected chi connectivity index (χ1v) is 6.68. The van der Waals surface area contributed by atoms with Crippen molar-refractivity contribution in [1.29, 1.82) is 0 Å². The Labute approximate surface area is 101 Å². The van der Waals surface area contributed by atoms with Gasteiger partial charge in [0.2, 0.25) is 0 Å². The minimum Gasteiger partial charge on any atom is -0.495 e. The molecular formula is C12H18N2OS. The van der Waals surface area contributed by atoms with E-state index in [4.69, 9.17) is 4.74 Å². The minimum atomic E-state index is 0.384. The van der Waals surface area contributed by atoms with Crippen molar-refractivity contribution in [2.45, 2.75) is 24.1 Å². The fourth-order valence-corrected chi connectivity index (χ4v) is 3.61. The molecule has 0 spiro atoms. The first-order chi connectivity index (χ1) is 7.85. The molecule has 0 aliphatic carbocycles. The molecule has 3 nitrogen and oxygen atoms in total. The van der Waals surface area contributed by atoms with Crippen molar-refractivity contribution in [3.8, 4) is 5.75 Å². The lowest BCUT2D eigenvalue weighted by molar-refractivity contribution is 0.411. The van der Waals surface area contributed by atoms with Gasteiger partial charge < -0.3 is 10.1 Å². The van der Waals surface area contributed by atoms with Crippen LogP contribution in [-0.2, 0) is 0 Å². The SMILES string of the molecule is CNC(c1cncc(OC)c1)C1CCCS1. The predicted octanol–water partition coefficient (Wildman–Crippen LogP) is 2.25. The maximum absolute atomic E-state index is 5.22. The molecule has 16 heavy (non-hydrogen) atoms. The Bertz CT molecular complexity index is 340. The number of nitrogens with zero attached hydrogens (tertiary/aromatic N) is 1. The molecule has 2 atom stereocenters. The number of pyridine rings is 1. The fourth-order valence-electron chi connectivity index (χ4n) is 2.15. The van der Waals surface area contributed by atoms with Crippen LogP contribution in [0.4, 0.5) is 0 Å². The Kier molecular flexibility index (Phi) is 4.07. The molecule has 1 aromatic heterocycles. The van der Waals surface area contributed by atoms with E-state index in [0.29, 0.717) is 11.3 Å². The van der Waals surface area contributed by atoms with Crippen molar-refractivity contribution in [1.82, 2.24) is 10.3 Å². The lowest BCUT2D eigenvalue weighted by Crippen LogP contribution is -2.25. The van der Waals surface area contributed by atoms with Crippen LogP contribution in [0.1, 0.15) is 24.4 Å². The van der Waals surface area contributed by atoms with Crippen LogP contribution >= 0.6 is 11.8 Å². The highest BCUT2D eigenvalue weighted by molar-refractivity contribution is 8.00. The molecule has 1 N–H and O–H groups in total. The zero-order valence-corrected chi connectivity index (χ0v) is 10.6. The normalized spacial score (nSPS) is 22.0. The quantitative estimate of drug-likeness (QED) is 0.872. The van der Waals surface area contributed by atoms with Crippen LogP contribution < -0.4 is 10.1 Å². The Morgan fingerprint density at radius 1 is 1.56 bits per heavy atom. The second-order valence-electron chi connectivity index (χ2n) is 3.98. The summed E-state index contributed by atoms with van der Waals surface area (Å²) in [6.45, 7) is 0. The summed E-state index contributed by atoms with van der Waals surface area (Å²) in [5.41, 5.74) is 1.22. The van der Waals surface area contributed by atoms with Gasteiger partial charge in [0, 0.05) is 17.5 Å². The van der Waals surface area contributed by atoms with E-state index < -0.39 is 0 Å². The maximum atomic E-state index is 5.22. The van der Waals surface area contributed by atoms with E-state index >= 15 is 0 Å². The Morgan fingerprint density at radius 3 is 3.06 bits per heavy atom. The lowest BCUT2D eigenvalue weighted by Gasteiger charge is -2.22. The van der Waals surface area contributed by atoms with Gasteiger partial charge in [-0.15, -0.1) is 0 Å². The van der Waals surface area contributed by atoms with Gasteiger partial charge >= 0.3 is 0 Å². The Morgan fingerprint density at radius 2 is 2.44 bits per heavy atom. The average Bonchev–Trinajstić information content (AvgIpc) is 2.84. The second kappa shape index (κ2) is 5.55. The monoisotopic (exact) mass is 238 g/mol. The van der Waals surface area contributed by atoms with Gasteiger partial charge in [-0.3, -0.25) is 4.98 Å². The number of hydrogen-bond acceptors (Lipinski definition) is 4. The van der Waals surface area contributed by atoms with Crippen LogP contribution in [0.3, 0.4) is 0 Å². The highest BCUT2D eigenvalue weighted by atomic mass is 32.2. The van der Waals surface area contributed by atoms with Crippen LogP contribution in [0.2, 0.25) is 0 Å². The molecule has 4 heteroatoms. The molecule has 0 radical (unpaired) electrons. The van der Waals surface area contributed by atoms with Gasteiger partial charge in [-0.05, 0) is 37.3 Å². The number of nitrogens with one attached hydrogen (secondary N) is 1. The van der Waals surface area contributed by atoms with Gasteiger partial charge in [0.1, 0.15) is 5.75 Å². The first kappa shape index (κ1) is 11.7. The second-order valence-corrected chi connectivity index (χ2v) is 5.32. The van der Waals surface area contributed by atoms with Crippen molar-refractivity contribution in [3.63, 3.8) is 0 Å². The van der Waals surface area contributed by atoms with E-state index in [0.717, 1.165) is 5.75 Å². The van der Waals surface area contributed by atoms with E-state index in [1.54, 1.807) is 13.3 Å². The molecule has 0 aromatic carbocycles. The average molecular weight is 238 g/mol. The third-order valence-corrected chi connectivity index (χ3v) is 4.44. The highest BCUT2D eigenvalue weighted by Crippen LogP contribution is 2.36. The smallest absolute Gasteiger partial charge is 0.137 e. The number of hydrogen-bond donors (Lipinski definition) is 1. The molecular weight excluding hydrogens is 220 g/mol. The van der Waals surface area contributed by atoms with Crippen molar-refractivity contribution < 1.29 is 4.74 Å². The third-order valence-electron chi connectivity index (χ3n) is 2.98. The number of rotatable bonds is 4. The topological polar surface area (TPSA) is 34.2 Å². The molecule has 0 amide bonds. The number of methoxy groups -OCH3 is 1. The predicted molar refractivity (Wildman–Crippen MR) is 68.1 cm³/mol. The molecule has 2 heterocycles. The molecule has 2 rings (SSSR count). The first-order valence-electron chi connectivity index (χ1n) is 5.63. The molecule has 1 saturated heterocycles. The molecule has 1 aliphatic rings. The van der Waals surface area contributed by atoms with Crippen LogP contribution in [-0.4, -0.2) is 30.1 Å². The highest BCUT2D eigenvalue weighted by Gasteiger charge is 2.26. The summed E-state index contributed by atoms with van der Waals surface area (Å²) in [4.78, 5) is 4.22. The standard InChI is InChI=1S/C12H18N2OS/c1-13-12(11-4-3-5-16-11)9-6-10(15-2)8-14-7-9/h6-8,11-13H,3-5H2,1-2H3. The molecule has 1 aromatic rings. The van der Waals surface area contributed by atoms with Crippen LogP contribution in [0.25, 0.3) is 0 Å². The summed E-state index contributed by atoms with van der Waals surface area (Å²) in [6.07, 6.45) is 6.29. The summed E-state index contributed by atoms with van der Waals surface area (Å²) in [7, 11) is 3.70. The van der Waals surface area contributed by atoms with E-state index in [9.17, 15) is 0 Å². The summed E-state index contributed by atoms with van der Waals surface area (Å²) in [5, 5.41) is 4.06. The van der Waals surface area contributed by atoms with Crippen LogP contribution in [0.5, 0.6) is 5.75 Å². The van der Waals surface area contributed by atoms with E-state index in [1.807, 2.05) is 13.2 Å². The Balaban J connectivity index is 2.18. The van der Waals surface area contributed by atoms with E-state index in [1.165, 1.54) is 24.2 Å². The molecule has 1 fully saturated rings. The van der Waals surface area contributed by atoms with Gasteiger partial charge in [-0.2, -0.15) is 11.8 Å². The van der Waals surface area contributed by atoms with Gasteiger partial charge in [-0.25, -0.2) is 0 Å². The molecule has 1 aliphatic heterocycles. The van der Waals surface area contributed by atoms with Gasteiger partial charge in [0.05, 0.1) is 13.3 Å². The minimum absolute atomic E-state index is 0.384. The summed E-state index contributed by atoms with van der Waals surface area (Å²) in [6, 6.07) is 2.46. The molecule has 2 unspecified atom stereocenters. The van der Waals surface area contributed by atoms with Crippen molar-refractivity contribution in [2.24, 2.45) is 0 Å². The maximum Gasteiger partial charge on any atom is 0.137 e. The van der Waals surface area contributed by atoms with Crippen LogP contribution in [0, 0.1) is 0 Å². The fraction of sp³-hybridized carbons (Fsp3) is 0.583. The van der Waals surface area contributed by atoms with Gasteiger partial charge in [0.15, 0.2) is 0 Å². The zero-order chi connectivity index (χ0) is 11.4. The number of thioether (sulfide) groups is 1. The van der Waals surface area contributed by atoms with Crippen molar-refractivity contribution in [3.05, 3.63) is 24.0 Å². The zero-order valence-electron chi connectivity index (χ0n) is 9.77. The summed E-state index contributed by atoms with van der Waals surface area (Å²) in [5.74, 6) is 2.11. The number of aromatic nitrogens is 1. The summed E-state index contributed by atoms with van der Waals surface area (Å²) < 4.78 is 5.22. The third kappa shape index (κ3) is 2.50. The molecule has 0 saturated carbocycles. The van der Waals surface area contributed by atoms with E-state index in [-0.39, 0.29) is 0 Å². The van der Waals surface area contributed by atoms with Crippen molar-refractivity contribution >= 4 is 11.8 Å². The van der Waals surface area contributed by atoms with Crippen molar-refractivity contribution in [2.75, 3.05) is 19.9 Å². The molecule has 0 bridgehead atoms. The number of ether oxygens (including phenoxy) is 1. The Hall–Kier alpha value is -0.740.